The summed E-state index contributed by atoms with van der Waals surface area (Å²) in [7, 11) is -7.29. The SMILES string of the molecule is C[C@@H](CCCCCCCCCCc1ccccc1OS(C)(=O)=O)OS(=O)(=O)C[C@@]12CC[C@@H](CC1=O)C2(C)C. The first-order chi connectivity index (χ1) is 17.8. The van der Waals surface area contributed by atoms with E-state index in [-0.39, 0.29) is 23.1 Å². The number of carbonyl (C=O) groups excluding carboxylic acids is 1. The van der Waals surface area contributed by atoms with Gasteiger partial charge in [-0.15, -0.1) is 0 Å². The van der Waals surface area contributed by atoms with Crippen LogP contribution in [0.5, 0.6) is 5.75 Å². The quantitative estimate of drug-likeness (QED) is 0.162. The molecule has 2 fully saturated rings. The summed E-state index contributed by atoms with van der Waals surface area (Å²) in [6, 6.07) is 7.28. The largest absolute Gasteiger partial charge is 0.382 e. The molecule has 3 rings (SSSR count). The average Bonchev–Trinajstić information content (AvgIpc) is 3.14. The minimum Gasteiger partial charge on any atom is -0.382 e. The summed E-state index contributed by atoms with van der Waals surface area (Å²) >= 11 is 0. The first-order valence-corrected chi connectivity index (χ1v) is 17.6. The highest BCUT2D eigenvalue weighted by atomic mass is 32.2. The van der Waals surface area contributed by atoms with Crippen LogP contribution < -0.4 is 4.18 Å². The molecule has 2 bridgehead atoms. The number of hydrogen-bond acceptors (Lipinski definition) is 7. The summed E-state index contributed by atoms with van der Waals surface area (Å²) in [6.07, 6.45) is 12.8. The molecule has 0 N–H and O–H groups in total. The van der Waals surface area contributed by atoms with Crippen LogP contribution in [0.2, 0.25) is 0 Å². The molecule has 0 saturated heterocycles. The molecule has 0 aromatic heterocycles. The molecule has 0 heterocycles. The maximum atomic E-state index is 12.8. The predicted octanol–water partition coefficient (Wildman–Crippen LogP) is 6.21. The van der Waals surface area contributed by atoms with Gasteiger partial charge in [0.2, 0.25) is 0 Å². The number of unbranched alkanes of at least 4 members (excludes halogenated alkanes) is 7. The highest BCUT2D eigenvalue weighted by molar-refractivity contribution is 7.86. The van der Waals surface area contributed by atoms with E-state index in [2.05, 4.69) is 0 Å². The number of para-hydroxylation sites is 1. The predicted molar refractivity (Wildman–Crippen MR) is 150 cm³/mol. The summed E-state index contributed by atoms with van der Waals surface area (Å²) < 4.78 is 59.1. The van der Waals surface area contributed by atoms with E-state index in [0.717, 1.165) is 76.0 Å². The van der Waals surface area contributed by atoms with Gasteiger partial charge in [-0.05, 0) is 62.0 Å². The van der Waals surface area contributed by atoms with Crippen LogP contribution in [0.3, 0.4) is 0 Å². The van der Waals surface area contributed by atoms with Gasteiger partial charge in [0.1, 0.15) is 11.5 Å². The van der Waals surface area contributed by atoms with Crippen LogP contribution >= 0.6 is 0 Å². The summed E-state index contributed by atoms with van der Waals surface area (Å²) in [5, 5.41) is 0. The van der Waals surface area contributed by atoms with Crippen molar-refractivity contribution in [3.63, 3.8) is 0 Å². The molecule has 1 aromatic carbocycles. The molecule has 0 unspecified atom stereocenters. The Bertz CT molecular complexity index is 1160. The normalized spacial score (nSPS) is 23.6. The Morgan fingerprint density at radius 1 is 0.947 bits per heavy atom. The molecule has 0 radical (unpaired) electrons. The van der Waals surface area contributed by atoms with Crippen molar-refractivity contribution >= 4 is 26.0 Å². The average molecular weight is 571 g/mol. The monoisotopic (exact) mass is 570 g/mol. The maximum absolute atomic E-state index is 12.8. The van der Waals surface area contributed by atoms with Crippen LogP contribution in [0.1, 0.15) is 103 Å². The second-order valence-corrected chi connectivity index (χ2v) is 15.2. The van der Waals surface area contributed by atoms with E-state index in [1.807, 2.05) is 32.9 Å². The van der Waals surface area contributed by atoms with Gasteiger partial charge in [-0.1, -0.05) is 77.0 Å². The standard InChI is InChI=1S/C29H46O7S2/c1-23(35-38(33,34)22-29-20-19-25(21-27(29)30)28(29,2)3)15-11-9-7-5-6-8-10-12-16-24-17-13-14-18-26(24)36-37(4,31)32/h13-14,17-18,23,25H,5-12,15-16,19-22H2,1-4H3/t23-,25-,29-/m0/s1. The van der Waals surface area contributed by atoms with Crippen LogP contribution in [0.4, 0.5) is 0 Å². The Hall–Kier alpha value is -1.45. The molecule has 0 spiro atoms. The van der Waals surface area contributed by atoms with E-state index in [1.165, 1.54) is 0 Å². The molecule has 38 heavy (non-hydrogen) atoms. The molecule has 2 saturated carbocycles. The van der Waals surface area contributed by atoms with E-state index in [4.69, 9.17) is 8.37 Å². The van der Waals surface area contributed by atoms with Gasteiger partial charge in [0.05, 0.1) is 23.5 Å². The van der Waals surface area contributed by atoms with Crippen LogP contribution in [0, 0.1) is 16.7 Å². The minimum atomic E-state index is -3.76. The lowest BCUT2D eigenvalue weighted by Crippen LogP contribution is -2.43. The molecular weight excluding hydrogens is 524 g/mol. The summed E-state index contributed by atoms with van der Waals surface area (Å²) in [4.78, 5) is 12.7. The Balaban J connectivity index is 1.25. The highest BCUT2D eigenvalue weighted by Gasteiger charge is 2.65. The number of rotatable bonds is 17. The third-order valence-corrected chi connectivity index (χ3v) is 10.8. The Morgan fingerprint density at radius 3 is 2.13 bits per heavy atom. The van der Waals surface area contributed by atoms with Crippen molar-refractivity contribution in [1.82, 2.24) is 0 Å². The smallest absolute Gasteiger partial charge is 0.306 e. The molecule has 0 amide bonds. The van der Waals surface area contributed by atoms with Crippen molar-refractivity contribution in [2.45, 2.75) is 110 Å². The minimum absolute atomic E-state index is 0.101. The van der Waals surface area contributed by atoms with Gasteiger partial charge in [0.15, 0.2) is 0 Å². The van der Waals surface area contributed by atoms with Crippen molar-refractivity contribution in [3.8, 4) is 5.75 Å². The van der Waals surface area contributed by atoms with Gasteiger partial charge < -0.3 is 4.18 Å². The van der Waals surface area contributed by atoms with Crippen LogP contribution in [0.25, 0.3) is 0 Å². The van der Waals surface area contributed by atoms with E-state index >= 15 is 0 Å². The van der Waals surface area contributed by atoms with E-state index in [0.29, 0.717) is 30.9 Å². The lowest BCUT2D eigenvalue weighted by atomic mass is 9.70. The topological polar surface area (TPSA) is 104 Å². The molecule has 2 aliphatic rings. The van der Waals surface area contributed by atoms with E-state index in [9.17, 15) is 21.6 Å². The van der Waals surface area contributed by atoms with Crippen molar-refractivity contribution in [2.75, 3.05) is 12.0 Å². The molecular formula is C29H46O7S2. The zero-order valence-corrected chi connectivity index (χ0v) is 25.2. The molecule has 3 atom stereocenters. The molecule has 7 nitrogen and oxygen atoms in total. The second kappa shape index (κ2) is 12.8. The maximum Gasteiger partial charge on any atom is 0.306 e. The molecule has 0 aliphatic heterocycles. The summed E-state index contributed by atoms with van der Waals surface area (Å²) in [6.45, 7) is 5.91. The Labute approximate surface area is 230 Å². The number of benzene rings is 1. The lowest BCUT2D eigenvalue weighted by Gasteiger charge is -2.36. The van der Waals surface area contributed by atoms with Gasteiger partial charge in [-0.2, -0.15) is 16.8 Å². The number of ketones is 1. The van der Waals surface area contributed by atoms with Crippen LogP contribution in [0.15, 0.2) is 24.3 Å². The lowest BCUT2D eigenvalue weighted by molar-refractivity contribution is -0.128. The number of Topliss-reactive ketones (excluding diaryl/α,β-unsaturated/α-hetero) is 1. The number of fused-ring (bicyclic) bond motifs is 2. The van der Waals surface area contributed by atoms with E-state index in [1.54, 1.807) is 12.1 Å². The van der Waals surface area contributed by atoms with Gasteiger partial charge in [-0.3, -0.25) is 8.98 Å². The highest BCUT2D eigenvalue weighted by Crippen LogP contribution is 2.64. The van der Waals surface area contributed by atoms with Crippen LogP contribution in [-0.4, -0.2) is 40.7 Å². The molecule has 216 valence electrons. The van der Waals surface area contributed by atoms with Gasteiger partial charge in [0.25, 0.3) is 10.1 Å². The zero-order chi connectivity index (χ0) is 28.0. The Kier molecular flexibility index (Phi) is 10.5. The van der Waals surface area contributed by atoms with Crippen molar-refractivity contribution in [3.05, 3.63) is 29.8 Å². The van der Waals surface area contributed by atoms with Gasteiger partial charge in [-0.25, -0.2) is 0 Å². The first-order valence-electron chi connectivity index (χ1n) is 14.2. The fraction of sp³-hybridized carbons (Fsp3) is 0.759. The molecule has 2 aliphatic carbocycles. The van der Waals surface area contributed by atoms with Crippen molar-refractivity contribution in [1.29, 1.82) is 0 Å². The number of carbonyl (C=O) groups is 1. The molecule has 9 heteroatoms. The third-order valence-electron chi connectivity index (χ3n) is 8.89. The number of aryl methyl sites for hydroxylation is 1. The van der Waals surface area contributed by atoms with Gasteiger partial charge >= 0.3 is 10.1 Å². The van der Waals surface area contributed by atoms with E-state index < -0.39 is 25.7 Å². The second-order valence-electron chi connectivity index (χ2n) is 12.0. The Morgan fingerprint density at radius 2 is 1.55 bits per heavy atom. The number of hydrogen-bond donors (Lipinski definition) is 0. The molecule has 1 aromatic rings. The first kappa shape index (κ1) is 31.1. The third kappa shape index (κ3) is 8.04. The summed E-state index contributed by atoms with van der Waals surface area (Å²) in [5.41, 5.74) is -0.133. The van der Waals surface area contributed by atoms with Crippen LogP contribution in [-0.2, 0) is 35.6 Å². The fourth-order valence-corrected chi connectivity index (χ4v) is 8.94. The zero-order valence-electron chi connectivity index (χ0n) is 23.5. The van der Waals surface area contributed by atoms with Gasteiger partial charge in [0, 0.05) is 6.42 Å². The van der Waals surface area contributed by atoms with Crippen molar-refractivity contribution < 1.29 is 30.0 Å². The van der Waals surface area contributed by atoms with Crippen molar-refractivity contribution in [2.24, 2.45) is 16.7 Å². The fourth-order valence-electron chi connectivity index (χ4n) is 6.51. The summed E-state index contributed by atoms with van der Waals surface area (Å²) in [5.74, 6) is 0.636.